The van der Waals surface area contributed by atoms with E-state index in [0.717, 1.165) is 0 Å². The summed E-state index contributed by atoms with van der Waals surface area (Å²) >= 11 is 0. The van der Waals surface area contributed by atoms with Crippen LogP contribution in [0.1, 0.15) is 26.3 Å². The van der Waals surface area contributed by atoms with E-state index in [-0.39, 0.29) is 11.3 Å². The van der Waals surface area contributed by atoms with Gasteiger partial charge in [0.1, 0.15) is 5.56 Å². The Bertz CT molecular complexity index is 404. The van der Waals surface area contributed by atoms with Crippen LogP contribution in [-0.4, -0.2) is 24.7 Å². The van der Waals surface area contributed by atoms with Gasteiger partial charge in [-0.2, -0.15) is 0 Å². The van der Waals surface area contributed by atoms with E-state index in [9.17, 15) is 10.1 Å². The Morgan fingerprint density at radius 2 is 1.53 bits per heavy atom. The highest BCUT2D eigenvalue weighted by atomic mass is 16.9. The monoisotopic (exact) mass is 269 g/mol. The Morgan fingerprint density at radius 3 is 1.95 bits per heavy atom. The van der Waals surface area contributed by atoms with Gasteiger partial charge in [0.25, 0.3) is 5.69 Å². The first kappa shape index (κ1) is 15.6. The summed E-state index contributed by atoms with van der Waals surface area (Å²) in [6.45, 7) is 6.27. The Labute approximate surface area is 112 Å². The number of nitrogens with zero attached hydrogens (tertiary/aromatic N) is 1. The Kier molecular flexibility index (Phi) is 5.88. The third kappa shape index (κ3) is 3.50. The Morgan fingerprint density at radius 1 is 1.05 bits per heavy atom. The van der Waals surface area contributed by atoms with E-state index in [2.05, 4.69) is 0 Å². The molecular formula is C13H19NO5. The molecule has 0 aliphatic rings. The van der Waals surface area contributed by atoms with Gasteiger partial charge in [0.05, 0.1) is 4.92 Å². The fourth-order valence-electron chi connectivity index (χ4n) is 1.82. The van der Waals surface area contributed by atoms with Crippen LogP contribution in [0.3, 0.4) is 0 Å². The van der Waals surface area contributed by atoms with E-state index in [0.29, 0.717) is 19.8 Å². The fraction of sp³-hybridized carbons (Fsp3) is 0.538. The molecule has 0 aromatic heterocycles. The van der Waals surface area contributed by atoms with Crippen LogP contribution < -0.4 is 0 Å². The van der Waals surface area contributed by atoms with Gasteiger partial charge in [0.2, 0.25) is 0 Å². The normalized spacial score (nSPS) is 11.5. The summed E-state index contributed by atoms with van der Waals surface area (Å²) in [4.78, 5) is 10.6. The van der Waals surface area contributed by atoms with Crippen molar-refractivity contribution in [3.8, 4) is 0 Å². The molecule has 0 fully saturated rings. The lowest BCUT2D eigenvalue weighted by Gasteiger charge is -2.32. The number of nitro benzene ring substituents is 1. The Hall–Kier alpha value is -1.50. The molecule has 0 spiro atoms. The molecular weight excluding hydrogens is 250 g/mol. The van der Waals surface area contributed by atoms with Crippen molar-refractivity contribution in [3.63, 3.8) is 0 Å². The molecule has 6 nitrogen and oxygen atoms in total. The van der Waals surface area contributed by atoms with E-state index in [1.54, 1.807) is 39.0 Å². The molecule has 0 bridgehead atoms. The van der Waals surface area contributed by atoms with Crippen molar-refractivity contribution in [1.29, 1.82) is 0 Å². The highest BCUT2D eigenvalue weighted by molar-refractivity contribution is 5.42. The van der Waals surface area contributed by atoms with Crippen molar-refractivity contribution in [3.05, 3.63) is 39.9 Å². The van der Waals surface area contributed by atoms with Gasteiger partial charge in [0, 0.05) is 25.9 Å². The summed E-state index contributed by atoms with van der Waals surface area (Å²) in [5, 5.41) is 11.1. The maximum absolute atomic E-state index is 11.1. The molecule has 0 saturated carbocycles. The molecule has 1 aromatic carbocycles. The van der Waals surface area contributed by atoms with Gasteiger partial charge < -0.3 is 14.2 Å². The summed E-state index contributed by atoms with van der Waals surface area (Å²) in [7, 11) is 0. The number of para-hydroxylation sites is 1. The van der Waals surface area contributed by atoms with Gasteiger partial charge in [-0.15, -0.1) is 0 Å². The van der Waals surface area contributed by atoms with Crippen LogP contribution >= 0.6 is 0 Å². The average molecular weight is 269 g/mol. The van der Waals surface area contributed by atoms with Crippen molar-refractivity contribution in [2.24, 2.45) is 0 Å². The standard InChI is InChI=1S/C13H19NO5/c1-4-17-13(18-5-2,19-6-3)11-9-7-8-10-12(11)14(15)16/h7-10H,4-6H2,1-3H3. The summed E-state index contributed by atoms with van der Waals surface area (Å²) < 4.78 is 16.6. The molecule has 1 rings (SSSR count). The number of hydrogen-bond acceptors (Lipinski definition) is 5. The molecule has 0 aliphatic heterocycles. The summed E-state index contributed by atoms with van der Waals surface area (Å²) in [6.07, 6.45) is 0. The number of benzene rings is 1. The van der Waals surface area contributed by atoms with Gasteiger partial charge in [-0.05, 0) is 26.8 Å². The fourth-order valence-corrected chi connectivity index (χ4v) is 1.82. The molecule has 0 amide bonds. The minimum Gasteiger partial charge on any atom is -0.324 e. The predicted octanol–water partition coefficient (Wildman–Crippen LogP) is 2.81. The van der Waals surface area contributed by atoms with Crippen molar-refractivity contribution in [2.45, 2.75) is 26.7 Å². The summed E-state index contributed by atoms with van der Waals surface area (Å²) in [5.74, 6) is -1.53. The number of hydrogen-bond donors (Lipinski definition) is 0. The van der Waals surface area contributed by atoms with Crippen molar-refractivity contribution >= 4 is 5.69 Å². The highest BCUT2D eigenvalue weighted by Crippen LogP contribution is 2.35. The predicted molar refractivity (Wildman–Crippen MR) is 69.7 cm³/mol. The lowest BCUT2D eigenvalue weighted by atomic mass is 10.1. The topological polar surface area (TPSA) is 70.8 Å². The number of rotatable bonds is 8. The van der Waals surface area contributed by atoms with Gasteiger partial charge in [-0.25, -0.2) is 0 Å². The van der Waals surface area contributed by atoms with Crippen LogP contribution in [0, 0.1) is 10.1 Å². The molecule has 19 heavy (non-hydrogen) atoms. The van der Waals surface area contributed by atoms with Crippen LogP contribution in [0.5, 0.6) is 0 Å². The molecule has 6 heteroatoms. The van der Waals surface area contributed by atoms with Gasteiger partial charge in [-0.3, -0.25) is 10.1 Å². The molecule has 1 aromatic rings. The van der Waals surface area contributed by atoms with E-state index >= 15 is 0 Å². The first-order valence-electron chi connectivity index (χ1n) is 6.27. The zero-order valence-corrected chi connectivity index (χ0v) is 11.4. The summed E-state index contributed by atoms with van der Waals surface area (Å²) in [6, 6.07) is 6.27. The second-order valence-electron chi connectivity index (χ2n) is 3.63. The van der Waals surface area contributed by atoms with Crippen molar-refractivity contribution in [1.82, 2.24) is 0 Å². The molecule has 0 aliphatic carbocycles. The summed E-state index contributed by atoms with van der Waals surface area (Å²) in [5.41, 5.74) is 0.184. The van der Waals surface area contributed by atoms with Gasteiger partial charge in [0.15, 0.2) is 0 Å². The lowest BCUT2D eigenvalue weighted by molar-refractivity contribution is -0.411. The average Bonchev–Trinajstić information content (AvgIpc) is 2.39. The van der Waals surface area contributed by atoms with E-state index in [1.807, 2.05) is 0 Å². The molecule has 0 radical (unpaired) electrons. The zero-order valence-electron chi connectivity index (χ0n) is 11.4. The van der Waals surface area contributed by atoms with Crippen molar-refractivity contribution in [2.75, 3.05) is 19.8 Å². The Balaban J connectivity index is 3.33. The lowest BCUT2D eigenvalue weighted by Crippen LogP contribution is -2.37. The van der Waals surface area contributed by atoms with Crippen LogP contribution in [0.15, 0.2) is 24.3 Å². The maximum atomic E-state index is 11.1. The second-order valence-corrected chi connectivity index (χ2v) is 3.63. The molecule has 0 saturated heterocycles. The second kappa shape index (κ2) is 7.18. The minimum absolute atomic E-state index is 0.0853. The minimum atomic E-state index is -1.53. The van der Waals surface area contributed by atoms with Crippen LogP contribution in [0.2, 0.25) is 0 Å². The number of ether oxygens (including phenoxy) is 3. The van der Waals surface area contributed by atoms with E-state index in [1.165, 1.54) is 6.07 Å². The van der Waals surface area contributed by atoms with Gasteiger partial charge in [-0.1, -0.05) is 12.1 Å². The first-order chi connectivity index (χ1) is 9.11. The molecule has 106 valence electrons. The van der Waals surface area contributed by atoms with Crippen LogP contribution in [0.4, 0.5) is 5.69 Å². The smallest absolute Gasteiger partial charge is 0.318 e. The molecule has 0 unspecified atom stereocenters. The van der Waals surface area contributed by atoms with E-state index in [4.69, 9.17) is 14.2 Å². The third-order valence-electron chi connectivity index (χ3n) is 2.43. The zero-order chi connectivity index (χ0) is 14.3. The SMILES string of the molecule is CCOC(OCC)(OCC)c1ccccc1[N+](=O)[O-]. The third-order valence-corrected chi connectivity index (χ3v) is 2.43. The van der Waals surface area contributed by atoms with Crippen molar-refractivity contribution < 1.29 is 19.1 Å². The highest BCUT2D eigenvalue weighted by Gasteiger charge is 2.40. The molecule has 0 atom stereocenters. The van der Waals surface area contributed by atoms with Gasteiger partial charge >= 0.3 is 5.97 Å². The van der Waals surface area contributed by atoms with Crippen LogP contribution in [0.25, 0.3) is 0 Å². The molecule has 0 heterocycles. The largest absolute Gasteiger partial charge is 0.324 e. The first-order valence-corrected chi connectivity index (χ1v) is 6.27. The number of nitro groups is 1. The maximum Gasteiger partial charge on any atom is 0.318 e. The van der Waals surface area contributed by atoms with Crippen LogP contribution in [-0.2, 0) is 20.2 Å². The molecule has 0 N–H and O–H groups in total. The van der Waals surface area contributed by atoms with E-state index < -0.39 is 10.9 Å². The quantitative estimate of drug-likeness (QED) is 0.412.